The van der Waals surface area contributed by atoms with Gasteiger partial charge in [-0.2, -0.15) is 4.80 Å². The molecular formula is C25H18ClN5O5. The number of hydrogen-bond acceptors (Lipinski definition) is 7. The van der Waals surface area contributed by atoms with Crippen LogP contribution < -0.4 is 10.1 Å². The molecular weight excluding hydrogens is 486 g/mol. The second-order valence-corrected chi connectivity index (χ2v) is 8.32. The van der Waals surface area contributed by atoms with Gasteiger partial charge >= 0.3 is 0 Å². The molecule has 0 saturated heterocycles. The first-order valence-electron chi connectivity index (χ1n) is 10.7. The van der Waals surface area contributed by atoms with E-state index in [1.165, 1.54) is 36.2 Å². The van der Waals surface area contributed by atoms with Crippen LogP contribution in [0, 0.1) is 17.0 Å². The fourth-order valence-electron chi connectivity index (χ4n) is 3.68. The summed E-state index contributed by atoms with van der Waals surface area (Å²) in [5.41, 5.74) is 3.33. The van der Waals surface area contributed by atoms with E-state index in [0.717, 1.165) is 11.3 Å². The van der Waals surface area contributed by atoms with Crippen LogP contribution in [-0.2, 0) is 0 Å². The molecule has 10 nitrogen and oxygen atoms in total. The van der Waals surface area contributed by atoms with Crippen molar-refractivity contribution in [3.05, 3.63) is 93.2 Å². The largest absolute Gasteiger partial charge is 0.497 e. The summed E-state index contributed by atoms with van der Waals surface area (Å²) < 4.78 is 10.7. The molecule has 2 aromatic heterocycles. The van der Waals surface area contributed by atoms with Crippen LogP contribution in [0.25, 0.3) is 28.0 Å². The Bertz CT molecular complexity index is 1620. The van der Waals surface area contributed by atoms with E-state index in [2.05, 4.69) is 15.5 Å². The van der Waals surface area contributed by atoms with E-state index >= 15 is 0 Å². The Morgan fingerprint density at radius 1 is 1.06 bits per heavy atom. The predicted octanol–water partition coefficient (Wildman–Crippen LogP) is 5.81. The number of rotatable bonds is 6. The van der Waals surface area contributed by atoms with Crippen molar-refractivity contribution in [1.82, 2.24) is 15.0 Å². The number of amides is 1. The molecule has 180 valence electrons. The van der Waals surface area contributed by atoms with Crippen molar-refractivity contribution in [2.24, 2.45) is 0 Å². The number of nitrogens with zero attached hydrogens (tertiary/aromatic N) is 4. The number of benzene rings is 3. The summed E-state index contributed by atoms with van der Waals surface area (Å²) >= 11 is 5.96. The molecule has 0 bridgehead atoms. The summed E-state index contributed by atoms with van der Waals surface area (Å²) in [4.78, 5) is 25.4. The lowest BCUT2D eigenvalue weighted by atomic mass is 10.1. The van der Waals surface area contributed by atoms with Crippen LogP contribution in [0.2, 0.25) is 5.02 Å². The fourth-order valence-corrected chi connectivity index (χ4v) is 3.80. The molecule has 1 N–H and O–H groups in total. The van der Waals surface area contributed by atoms with Crippen LogP contribution in [0.4, 0.5) is 11.4 Å². The molecule has 5 aromatic rings. The highest BCUT2D eigenvalue weighted by atomic mass is 35.5. The van der Waals surface area contributed by atoms with Crippen molar-refractivity contribution in [2.75, 3.05) is 12.4 Å². The molecule has 2 heterocycles. The van der Waals surface area contributed by atoms with Gasteiger partial charge in [0.2, 0.25) is 0 Å². The number of furan rings is 1. The summed E-state index contributed by atoms with van der Waals surface area (Å²) in [6.45, 7) is 1.84. The highest BCUT2D eigenvalue weighted by Crippen LogP contribution is 2.34. The van der Waals surface area contributed by atoms with Gasteiger partial charge in [0.15, 0.2) is 5.76 Å². The maximum Gasteiger partial charge on any atom is 0.291 e. The van der Waals surface area contributed by atoms with Crippen LogP contribution in [0.3, 0.4) is 0 Å². The summed E-state index contributed by atoms with van der Waals surface area (Å²) in [6, 6.07) is 18.0. The minimum Gasteiger partial charge on any atom is -0.497 e. The smallest absolute Gasteiger partial charge is 0.291 e. The number of nitrogens with one attached hydrogen (secondary N) is 1. The number of nitro benzene ring substituents is 1. The molecule has 3 aromatic carbocycles. The van der Waals surface area contributed by atoms with Crippen LogP contribution in [0.15, 0.2) is 71.1 Å². The van der Waals surface area contributed by atoms with Gasteiger partial charge in [-0.25, -0.2) is 0 Å². The molecule has 0 atom stereocenters. The van der Waals surface area contributed by atoms with Crippen molar-refractivity contribution in [2.45, 2.75) is 6.92 Å². The molecule has 0 aliphatic heterocycles. The number of methoxy groups -OCH3 is 1. The zero-order valence-corrected chi connectivity index (χ0v) is 19.8. The van der Waals surface area contributed by atoms with E-state index in [9.17, 15) is 14.9 Å². The Morgan fingerprint density at radius 3 is 2.47 bits per heavy atom. The number of halogens is 1. The second-order valence-electron chi connectivity index (χ2n) is 7.88. The lowest BCUT2D eigenvalue weighted by molar-refractivity contribution is -0.384. The minimum atomic E-state index is -0.532. The molecule has 0 aliphatic rings. The van der Waals surface area contributed by atoms with E-state index in [0.29, 0.717) is 27.5 Å². The lowest BCUT2D eigenvalue weighted by Gasteiger charge is -2.07. The minimum absolute atomic E-state index is 0.000526. The van der Waals surface area contributed by atoms with Gasteiger partial charge in [-0.05, 0) is 73.2 Å². The summed E-state index contributed by atoms with van der Waals surface area (Å²) in [5.74, 6) is 0.0193. The predicted molar refractivity (Wildman–Crippen MR) is 134 cm³/mol. The van der Waals surface area contributed by atoms with Crippen LogP contribution in [-0.4, -0.2) is 32.9 Å². The third kappa shape index (κ3) is 4.37. The zero-order chi connectivity index (χ0) is 25.4. The number of aryl methyl sites for hydroxylation is 1. The molecule has 36 heavy (non-hydrogen) atoms. The van der Waals surface area contributed by atoms with Gasteiger partial charge in [0, 0.05) is 10.7 Å². The average molecular weight is 504 g/mol. The molecule has 1 amide bonds. The normalized spacial score (nSPS) is 11.0. The van der Waals surface area contributed by atoms with Crippen LogP contribution in [0.5, 0.6) is 5.75 Å². The number of anilines is 1. The van der Waals surface area contributed by atoms with E-state index in [4.69, 9.17) is 20.8 Å². The lowest BCUT2D eigenvalue weighted by Crippen LogP contribution is -2.11. The fraction of sp³-hybridized carbons (Fsp3) is 0.0800. The van der Waals surface area contributed by atoms with Gasteiger partial charge in [-0.15, -0.1) is 10.2 Å². The monoisotopic (exact) mass is 503 g/mol. The Hall–Kier alpha value is -4.70. The first kappa shape index (κ1) is 23.1. The van der Waals surface area contributed by atoms with Gasteiger partial charge in [0.1, 0.15) is 22.5 Å². The number of carbonyl (C=O) groups excluding carboxylic acids is 1. The summed E-state index contributed by atoms with van der Waals surface area (Å²) in [6.07, 6.45) is 0. The van der Waals surface area contributed by atoms with Gasteiger partial charge < -0.3 is 14.5 Å². The number of nitro groups is 1. The quantitative estimate of drug-likeness (QED) is 0.229. The van der Waals surface area contributed by atoms with Crippen molar-refractivity contribution >= 4 is 39.9 Å². The molecule has 0 unspecified atom stereocenters. The first-order valence-corrected chi connectivity index (χ1v) is 11.1. The molecule has 0 fully saturated rings. The summed E-state index contributed by atoms with van der Waals surface area (Å²) in [5, 5.41) is 23.9. The SMILES string of the molecule is COc1ccc(-c2ccc(C(=O)Nc3cc4nn(-c5ccc(Cl)cc5)nc4cc3C)o2)c([N+](=O)[O-])c1. The van der Waals surface area contributed by atoms with Crippen molar-refractivity contribution in [1.29, 1.82) is 0 Å². The van der Waals surface area contributed by atoms with Gasteiger partial charge in [-0.1, -0.05) is 11.6 Å². The summed E-state index contributed by atoms with van der Waals surface area (Å²) in [7, 11) is 1.42. The molecule has 0 aliphatic carbocycles. The van der Waals surface area contributed by atoms with Gasteiger partial charge in [0.25, 0.3) is 11.6 Å². The van der Waals surface area contributed by atoms with Crippen molar-refractivity contribution in [3.8, 4) is 22.8 Å². The molecule has 0 saturated carbocycles. The van der Waals surface area contributed by atoms with Crippen LogP contribution in [0.1, 0.15) is 16.1 Å². The number of aromatic nitrogens is 3. The maximum absolute atomic E-state index is 12.9. The molecule has 11 heteroatoms. The number of carbonyl (C=O) groups is 1. The zero-order valence-electron chi connectivity index (χ0n) is 19.1. The molecule has 5 rings (SSSR count). The Balaban J connectivity index is 1.41. The highest BCUT2D eigenvalue weighted by molar-refractivity contribution is 6.30. The topological polar surface area (TPSA) is 125 Å². The number of ether oxygens (including phenoxy) is 1. The maximum atomic E-state index is 12.9. The number of fused-ring (bicyclic) bond motifs is 1. The Morgan fingerprint density at radius 2 is 1.78 bits per heavy atom. The van der Waals surface area contributed by atoms with Gasteiger partial charge in [-0.3, -0.25) is 14.9 Å². The van der Waals surface area contributed by atoms with Crippen molar-refractivity contribution < 1.29 is 18.9 Å². The van der Waals surface area contributed by atoms with Gasteiger partial charge in [0.05, 0.1) is 29.4 Å². The third-order valence-electron chi connectivity index (χ3n) is 5.53. The first-order chi connectivity index (χ1) is 17.3. The Labute approximate surface area is 209 Å². The number of hydrogen-bond donors (Lipinski definition) is 1. The third-order valence-corrected chi connectivity index (χ3v) is 5.78. The standard InChI is InChI=1S/C25H18ClN5O5/c1-14-11-20-21(29-30(28-20)16-5-3-15(26)4-6-16)13-19(14)27-25(32)24-10-9-23(36-24)18-8-7-17(35-2)12-22(18)31(33)34/h3-13H,1-2H3,(H,27,32). The van der Waals surface area contributed by atoms with E-state index in [-0.39, 0.29) is 22.8 Å². The van der Waals surface area contributed by atoms with Crippen molar-refractivity contribution in [3.63, 3.8) is 0 Å². The van der Waals surface area contributed by atoms with E-state index in [1.807, 2.05) is 13.0 Å². The Kier molecular flexibility index (Phi) is 5.87. The average Bonchev–Trinajstić information content (AvgIpc) is 3.52. The van der Waals surface area contributed by atoms with E-state index < -0.39 is 10.8 Å². The van der Waals surface area contributed by atoms with E-state index in [1.54, 1.807) is 36.4 Å². The highest BCUT2D eigenvalue weighted by Gasteiger charge is 2.21. The van der Waals surface area contributed by atoms with Crippen LogP contribution >= 0.6 is 11.6 Å². The second kappa shape index (κ2) is 9.16. The molecule has 0 radical (unpaired) electrons. The molecule has 0 spiro atoms.